The van der Waals surface area contributed by atoms with E-state index in [2.05, 4.69) is 20.8 Å². The van der Waals surface area contributed by atoms with Crippen molar-refractivity contribution in [2.24, 2.45) is 7.05 Å². The number of nitrogens with one attached hydrogen (secondary N) is 1. The molecule has 0 spiro atoms. The molecule has 3 aromatic rings. The Morgan fingerprint density at radius 3 is 2.62 bits per heavy atom. The first kappa shape index (κ1) is 26.4. The van der Waals surface area contributed by atoms with Crippen LogP contribution in [0.3, 0.4) is 0 Å². The average Bonchev–Trinajstić information content (AvgIpc) is 3.31. The van der Waals surface area contributed by atoms with Crippen molar-refractivity contribution in [2.45, 2.75) is 23.1 Å². The lowest BCUT2D eigenvalue weighted by atomic mass is 10.0. The van der Waals surface area contributed by atoms with Crippen LogP contribution in [0.1, 0.15) is 5.56 Å². The number of carboxylic acids is 1. The molecule has 0 radical (unpaired) electrons. The second-order valence-electron chi connectivity index (χ2n) is 8.27. The van der Waals surface area contributed by atoms with E-state index < -0.39 is 12.0 Å². The van der Waals surface area contributed by atoms with E-state index in [1.165, 1.54) is 21.3 Å². The standard InChI is InChI=1S/C23H23N7O4S2.H2O/c1-28-23(25-26-27-28)36-13-15-12-35-21-18(20(31)30(21)19(15)22(32)33)24-16-7-9-29(10-8-16)11-14-3-5-17(34-2)6-4-14;/h3-10,18,21H,11-13H2,1-2H3,(H,32,33);1H2/t18-,21?;/m1./s1. The Bertz CT molecular complexity index is 1310. The number of carboxylic acid groups (broad SMARTS) is 1. The maximum atomic E-state index is 13.0. The zero-order valence-electron chi connectivity index (χ0n) is 20.0. The summed E-state index contributed by atoms with van der Waals surface area (Å²) in [5.74, 6) is 0.381. The summed E-state index contributed by atoms with van der Waals surface area (Å²) < 4.78 is 8.77. The summed E-state index contributed by atoms with van der Waals surface area (Å²) in [6.07, 6.45) is 3.89. The van der Waals surface area contributed by atoms with Gasteiger partial charge in [-0.15, -0.1) is 16.9 Å². The summed E-state index contributed by atoms with van der Waals surface area (Å²) in [6, 6.07) is 11.2. The number of amides is 1. The Labute approximate surface area is 221 Å². The zero-order valence-corrected chi connectivity index (χ0v) is 21.6. The molecule has 194 valence electrons. The molecule has 1 saturated heterocycles. The van der Waals surface area contributed by atoms with Crippen LogP contribution in [0.4, 0.5) is 5.69 Å². The number of hydrogen-bond acceptors (Lipinski definition) is 10. The summed E-state index contributed by atoms with van der Waals surface area (Å²) in [5, 5.41) is 24.8. The van der Waals surface area contributed by atoms with Crippen LogP contribution in [0.2, 0.25) is 0 Å². The van der Waals surface area contributed by atoms with Gasteiger partial charge >= 0.3 is 5.97 Å². The number of aliphatic carboxylic acids is 1. The van der Waals surface area contributed by atoms with Crippen molar-refractivity contribution in [1.82, 2.24) is 25.1 Å². The quantitative estimate of drug-likeness (QED) is 0.227. The van der Waals surface area contributed by atoms with E-state index in [4.69, 9.17) is 4.74 Å². The highest BCUT2D eigenvalue weighted by molar-refractivity contribution is 8.01. The van der Waals surface area contributed by atoms with Crippen LogP contribution in [0.5, 0.6) is 5.75 Å². The number of thioether (sulfide) groups is 2. The molecule has 2 aliphatic heterocycles. The van der Waals surface area contributed by atoms with Gasteiger partial charge in [0.2, 0.25) is 5.16 Å². The van der Waals surface area contributed by atoms with Gasteiger partial charge in [-0.1, -0.05) is 11.8 Å². The Morgan fingerprint density at radius 2 is 2.00 bits per heavy atom. The Kier molecular flexibility index (Phi) is 8.00. The lowest BCUT2D eigenvalue weighted by Gasteiger charge is -2.49. The third-order valence-electron chi connectivity index (χ3n) is 5.94. The molecule has 0 saturated carbocycles. The van der Waals surface area contributed by atoms with Gasteiger partial charge in [-0.25, -0.2) is 14.0 Å². The number of hydrogen-bond donors (Lipinski definition) is 2. The van der Waals surface area contributed by atoms with Crippen LogP contribution in [0.25, 0.3) is 0 Å². The Balaban J connectivity index is 0.00000320. The average molecular weight is 544 g/mol. The van der Waals surface area contributed by atoms with E-state index in [-0.39, 0.29) is 22.5 Å². The molecule has 37 heavy (non-hydrogen) atoms. The number of carbonyl (C=O) groups is 2. The first-order valence-corrected chi connectivity index (χ1v) is 13.1. The van der Waals surface area contributed by atoms with Crippen LogP contribution < -0.4 is 14.6 Å². The fourth-order valence-electron chi connectivity index (χ4n) is 4.07. The molecular formula is C23H25N7O5S2. The van der Waals surface area contributed by atoms with E-state index in [0.29, 0.717) is 28.8 Å². The largest absolute Gasteiger partial charge is 0.870 e. The summed E-state index contributed by atoms with van der Waals surface area (Å²) in [4.78, 5) is 26.5. The van der Waals surface area contributed by atoms with Crippen molar-refractivity contribution in [2.75, 3.05) is 23.9 Å². The molecule has 1 aromatic carbocycles. The van der Waals surface area contributed by atoms with Crippen LogP contribution >= 0.6 is 23.5 Å². The fraction of sp³-hybridized carbons (Fsp3) is 0.304. The molecule has 2 atom stereocenters. The third-order valence-corrected chi connectivity index (χ3v) is 8.38. The number of rotatable bonds is 9. The van der Waals surface area contributed by atoms with Crippen LogP contribution in [-0.2, 0) is 23.2 Å². The normalized spacial score (nSPS) is 18.5. The molecule has 1 fully saturated rings. The van der Waals surface area contributed by atoms with E-state index in [1.54, 1.807) is 25.9 Å². The summed E-state index contributed by atoms with van der Waals surface area (Å²) in [5.41, 5.74) is 2.69. The summed E-state index contributed by atoms with van der Waals surface area (Å²) in [7, 11) is 3.36. The van der Waals surface area contributed by atoms with Gasteiger partial charge in [0.1, 0.15) is 22.9 Å². The predicted octanol–water partition coefficient (Wildman–Crippen LogP) is 1.20. The van der Waals surface area contributed by atoms with Gasteiger partial charge < -0.3 is 20.6 Å². The van der Waals surface area contributed by atoms with E-state index in [1.807, 2.05) is 53.4 Å². The summed E-state index contributed by atoms with van der Waals surface area (Å²) in [6.45, 7) is 0.705. The molecule has 2 aromatic heterocycles. The number of β-lactam (4-membered cyclic amide) rings is 1. The first-order valence-electron chi connectivity index (χ1n) is 11.1. The number of aromatic nitrogens is 5. The molecule has 0 bridgehead atoms. The molecule has 1 unspecified atom stereocenters. The van der Waals surface area contributed by atoms with Crippen molar-refractivity contribution < 1.29 is 29.5 Å². The number of pyridine rings is 1. The molecule has 2 aliphatic rings. The molecule has 14 heteroatoms. The number of carbonyl (C=O) groups excluding carboxylic acids is 1. The van der Waals surface area contributed by atoms with Crippen molar-refractivity contribution in [3.05, 3.63) is 65.6 Å². The van der Waals surface area contributed by atoms with Gasteiger partial charge in [0.05, 0.1) is 7.11 Å². The Hall–Kier alpha value is -3.62. The first-order chi connectivity index (χ1) is 17.4. The monoisotopic (exact) mass is 543 g/mol. The van der Waals surface area contributed by atoms with Crippen molar-refractivity contribution in [1.29, 1.82) is 0 Å². The number of benzene rings is 1. The number of nitrogens with zero attached hydrogens (tertiary/aromatic N) is 6. The number of tetrazole rings is 1. The van der Waals surface area contributed by atoms with Gasteiger partial charge in [0.25, 0.3) is 5.91 Å². The van der Waals surface area contributed by atoms with Gasteiger partial charge in [-0.05, 0) is 40.3 Å². The van der Waals surface area contributed by atoms with E-state index >= 15 is 0 Å². The summed E-state index contributed by atoms with van der Waals surface area (Å²) >= 11 is 2.90. The lowest BCUT2D eigenvalue weighted by Crippen LogP contribution is -2.67. The van der Waals surface area contributed by atoms with Gasteiger partial charge in [-0.3, -0.25) is 9.69 Å². The molecule has 4 heterocycles. The highest BCUT2D eigenvalue weighted by Crippen LogP contribution is 2.42. The van der Waals surface area contributed by atoms with Crippen LogP contribution in [-0.4, -0.2) is 77.6 Å². The minimum absolute atomic E-state index is 0. The van der Waals surface area contributed by atoms with Gasteiger partial charge in [-0.2, -0.15) is 0 Å². The van der Waals surface area contributed by atoms with Gasteiger partial charge in [0, 0.05) is 41.9 Å². The smallest absolute Gasteiger partial charge is 0.352 e. The maximum absolute atomic E-state index is 13.0. The number of ether oxygens (including phenoxy) is 1. The minimum Gasteiger partial charge on any atom is -0.870 e. The van der Waals surface area contributed by atoms with Crippen molar-refractivity contribution in [3.8, 4) is 5.75 Å². The van der Waals surface area contributed by atoms with Gasteiger partial charge in [0.15, 0.2) is 18.9 Å². The second kappa shape index (κ2) is 11.2. The van der Waals surface area contributed by atoms with Crippen molar-refractivity contribution >= 4 is 41.1 Å². The molecule has 1 amide bonds. The number of aryl methyl sites for hydroxylation is 1. The fourth-order valence-corrected chi connectivity index (χ4v) is 6.40. The van der Waals surface area contributed by atoms with E-state index in [0.717, 1.165) is 17.0 Å². The number of fused-ring (bicyclic) bond motifs is 1. The minimum atomic E-state index is -1.10. The zero-order chi connectivity index (χ0) is 25.2. The number of methoxy groups -OCH3 is 1. The lowest BCUT2D eigenvalue weighted by molar-refractivity contribution is -0.688. The maximum Gasteiger partial charge on any atom is 0.352 e. The third kappa shape index (κ3) is 5.40. The number of anilines is 1. The van der Waals surface area contributed by atoms with E-state index in [9.17, 15) is 14.7 Å². The Morgan fingerprint density at radius 1 is 1.27 bits per heavy atom. The molecule has 0 aliphatic carbocycles. The van der Waals surface area contributed by atoms with Crippen molar-refractivity contribution in [3.63, 3.8) is 0 Å². The highest BCUT2D eigenvalue weighted by Gasteiger charge is 2.53. The van der Waals surface area contributed by atoms with Crippen LogP contribution in [0.15, 0.2) is 65.2 Å². The molecule has 5 rings (SSSR count). The molecule has 3 N–H and O–H groups in total. The highest BCUT2D eigenvalue weighted by atomic mass is 32.2. The van der Waals surface area contributed by atoms with Crippen LogP contribution in [0, 0.1) is 0 Å². The molecular weight excluding hydrogens is 518 g/mol. The second-order valence-corrected chi connectivity index (χ2v) is 10.3. The topological polar surface area (TPSA) is 156 Å². The SMILES string of the molecule is COc1ccc(C[n+]2ccc(N[C@@H]3C(=O)N4C(C(=O)O)=C(CSc5nnnn5C)CSC34)cc2)cc1.[OH-]. The molecule has 12 nitrogen and oxygen atoms in total. The predicted molar refractivity (Wildman–Crippen MR) is 135 cm³/mol.